The molecule has 7 heteroatoms. The van der Waals surface area contributed by atoms with Gasteiger partial charge in [-0.2, -0.15) is 14.6 Å². The molecule has 0 amide bonds. The third-order valence-corrected chi connectivity index (χ3v) is 3.87. The minimum Gasteiger partial charge on any atom is -0.497 e. The molecule has 2 heterocycles. The molecule has 0 saturated heterocycles. The lowest BCUT2D eigenvalue weighted by Gasteiger charge is -2.16. The van der Waals surface area contributed by atoms with E-state index in [1.807, 2.05) is 38.1 Å². The standard InChI is InChI=1S/C16H19N5O2/c1-10-11(2)20-16-18-9-19-21(16)15(10)17-8-14(22)12-4-6-13(23-3)7-5-12/h4-7,9,14,17,22H,8H2,1-3H3. The molecule has 2 N–H and O–H groups in total. The molecule has 2 aromatic heterocycles. The van der Waals surface area contributed by atoms with Crippen LogP contribution in [0, 0.1) is 13.8 Å². The Morgan fingerprint density at radius 3 is 2.70 bits per heavy atom. The molecule has 3 rings (SSSR count). The second-order valence-electron chi connectivity index (χ2n) is 5.31. The van der Waals surface area contributed by atoms with Gasteiger partial charge >= 0.3 is 0 Å². The van der Waals surface area contributed by atoms with Crippen molar-refractivity contribution >= 4 is 11.6 Å². The lowest BCUT2D eigenvalue weighted by atomic mass is 10.1. The van der Waals surface area contributed by atoms with Crippen LogP contribution in [0.15, 0.2) is 30.6 Å². The molecule has 0 fully saturated rings. The van der Waals surface area contributed by atoms with Crippen LogP contribution in [-0.2, 0) is 0 Å². The third-order valence-electron chi connectivity index (χ3n) is 3.87. The highest BCUT2D eigenvalue weighted by Gasteiger charge is 2.13. The van der Waals surface area contributed by atoms with Gasteiger partial charge in [0.15, 0.2) is 0 Å². The second kappa shape index (κ2) is 6.21. The van der Waals surface area contributed by atoms with Gasteiger partial charge in [-0.25, -0.2) is 4.98 Å². The number of hydrogen-bond acceptors (Lipinski definition) is 6. The number of rotatable bonds is 5. The molecule has 7 nitrogen and oxygen atoms in total. The van der Waals surface area contributed by atoms with Crippen LogP contribution >= 0.6 is 0 Å². The van der Waals surface area contributed by atoms with Crippen LogP contribution < -0.4 is 10.1 Å². The molecular formula is C16H19N5O2. The van der Waals surface area contributed by atoms with E-state index in [0.717, 1.165) is 28.4 Å². The third kappa shape index (κ3) is 2.95. The normalized spacial score (nSPS) is 12.3. The zero-order valence-corrected chi connectivity index (χ0v) is 13.3. The van der Waals surface area contributed by atoms with Gasteiger partial charge in [-0.1, -0.05) is 12.1 Å². The molecule has 0 aliphatic carbocycles. The van der Waals surface area contributed by atoms with E-state index in [2.05, 4.69) is 20.4 Å². The summed E-state index contributed by atoms with van der Waals surface area (Å²) in [7, 11) is 1.62. The van der Waals surface area contributed by atoms with Crippen molar-refractivity contribution in [1.29, 1.82) is 0 Å². The number of aliphatic hydroxyl groups is 1. The number of ether oxygens (including phenoxy) is 1. The molecular weight excluding hydrogens is 294 g/mol. The monoisotopic (exact) mass is 313 g/mol. The summed E-state index contributed by atoms with van der Waals surface area (Å²) in [6, 6.07) is 7.35. The molecule has 1 unspecified atom stereocenters. The van der Waals surface area contributed by atoms with Gasteiger partial charge in [0.1, 0.15) is 17.9 Å². The van der Waals surface area contributed by atoms with Crippen LogP contribution in [0.5, 0.6) is 5.75 Å². The van der Waals surface area contributed by atoms with E-state index < -0.39 is 6.10 Å². The SMILES string of the molecule is COc1ccc(C(O)CNc2c(C)c(C)nc3ncnn23)cc1. The van der Waals surface area contributed by atoms with Gasteiger partial charge in [-0.3, -0.25) is 0 Å². The highest BCUT2D eigenvalue weighted by atomic mass is 16.5. The quantitative estimate of drug-likeness (QED) is 0.748. The maximum atomic E-state index is 10.4. The first-order valence-electron chi connectivity index (χ1n) is 7.33. The van der Waals surface area contributed by atoms with Gasteiger partial charge in [-0.15, -0.1) is 0 Å². The maximum absolute atomic E-state index is 10.4. The molecule has 3 aromatic rings. The number of aryl methyl sites for hydroxylation is 1. The topological polar surface area (TPSA) is 84.6 Å². The molecule has 120 valence electrons. The predicted molar refractivity (Wildman–Crippen MR) is 86.7 cm³/mol. The molecule has 1 aromatic carbocycles. The van der Waals surface area contributed by atoms with Crippen LogP contribution in [0.2, 0.25) is 0 Å². The van der Waals surface area contributed by atoms with Gasteiger partial charge in [0.05, 0.1) is 13.2 Å². The first-order valence-corrected chi connectivity index (χ1v) is 7.33. The molecule has 0 aliphatic rings. The van der Waals surface area contributed by atoms with E-state index in [0.29, 0.717) is 12.3 Å². The van der Waals surface area contributed by atoms with E-state index in [9.17, 15) is 5.11 Å². The number of benzene rings is 1. The summed E-state index contributed by atoms with van der Waals surface area (Å²) in [6.45, 7) is 4.24. The second-order valence-corrected chi connectivity index (χ2v) is 5.31. The van der Waals surface area contributed by atoms with Gasteiger partial charge in [0.25, 0.3) is 5.78 Å². The van der Waals surface area contributed by atoms with Crippen LogP contribution in [0.25, 0.3) is 5.78 Å². The lowest BCUT2D eigenvalue weighted by Crippen LogP contribution is -2.16. The van der Waals surface area contributed by atoms with Gasteiger partial charge < -0.3 is 15.2 Å². The molecule has 0 spiro atoms. The maximum Gasteiger partial charge on any atom is 0.254 e. The predicted octanol–water partition coefficient (Wildman–Crippen LogP) is 1.90. The van der Waals surface area contributed by atoms with E-state index >= 15 is 0 Å². The fourth-order valence-electron chi connectivity index (χ4n) is 2.38. The Morgan fingerprint density at radius 2 is 2.00 bits per heavy atom. The number of aliphatic hydroxyl groups excluding tert-OH is 1. The minimum absolute atomic E-state index is 0.353. The summed E-state index contributed by atoms with van der Waals surface area (Å²) >= 11 is 0. The zero-order valence-electron chi connectivity index (χ0n) is 13.3. The number of methoxy groups -OCH3 is 1. The summed E-state index contributed by atoms with van der Waals surface area (Å²) in [5.41, 5.74) is 2.67. The number of nitrogens with one attached hydrogen (secondary N) is 1. The number of anilines is 1. The highest BCUT2D eigenvalue weighted by molar-refractivity contribution is 5.52. The van der Waals surface area contributed by atoms with E-state index in [1.165, 1.54) is 6.33 Å². The van der Waals surface area contributed by atoms with Crippen molar-refractivity contribution < 1.29 is 9.84 Å². The minimum atomic E-state index is -0.646. The first-order chi connectivity index (χ1) is 11.1. The van der Waals surface area contributed by atoms with Crippen LogP contribution in [0.4, 0.5) is 5.82 Å². The average Bonchev–Trinajstić information content (AvgIpc) is 3.03. The Morgan fingerprint density at radius 1 is 1.26 bits per heavy atom. The van der Waals surface area contributed by atoms with E-state index in [4.69, 9.17) is 4.74 Å². The van der Waals surface area contributed by atoms with Crippen molar-refractivity contribution in [3.8, 4) is 5.75 Å². The number of hydrogen-bond donors (Lipinski definition) is 2. The average molecular weight is 313 g/mol. The molecule has 0 aliphatic heterocycles. The van der Waals surface area contributed by atoms with Gasteiger partial charge in [0.2, 0.25) is 0 Å². The van der Waals surface area contributed by atoms with Crippen molar-refractivity contribution in [3.63, 3.8) is 0 Å². The van der Waals surface area contributed by atoms with Crippen molar-refractivity contribution in [2.45, 2.75) is 20.0 Å². The van der Waals surface area contributed by atoms with Crippen LogP contribution in [0.1, 0.15) is 22.9 Å². The van der Waals surface area contributed by atoms with Crippen molar-refractivity contribution in [2.75, 3.05) is 19.0 Å². The van der Waals surface area contributed by atoms with Gasteiger partial charge in [-0.05, 0) is 31.5 Å². The van der Waals surface area contributed by atoms with Crippen molar-refractivity contribution in [1.82, 2.24) is 19.6 Å². The smallest absolute Gasteiger partial charge is 0.254 e. The molecule has 0 bridgehead atoms. The lowest BCUT2D eigenvalue weighted by molar-refractivity contribution is 0.191. The molecule has 1 atom stereocenters. The van der Waals surface area contributed by atoms with Crippen molar-refractivity contribution in [2.24, 2.45) is 0 Å². The highest BCUT2D eigenvalue weighted by Crippen LogP contribution is 2.21. The van der Waals surface area contributed by atoms with Crippen LogP contribution in [0.3, 0.4) is 0 Å². The number of fused-ring (bicyclic) bond motifs is 1. The summed E-state index contributed by atoms with van der Waals surface area (Å²) < 4.78 is 6.77. The molecule has 23 heavy (non-hydrogen) atoms. The van der Waals surface area contributed by atoms with E-state index in [1.54, 1.807) is 11.6 Å². The Bertz CT molecular complexity index is 813. The zero-order chi connectivity index (χ0) is 16.4. The largest absolute Gasteiger partial charge is 0.497 e. The Kier molecular flexibility index (Phi) is 4.12. The Balaban J connectivity index is 1.79. The van der Waals surface area contributed by atoms with Crippen LogP contribution in [-0.4, -0.2) is 38.3 Å². The molecule has 0 saturated carbocycles. The fourth-order valence-corrected chi connectivity index (χ4v) is 2.38. The Labute approximate surface area is 134 Å². The van der Waals surface area contributed by atoms with Crippen molar-refractivity contribution in [3.05, 3.63) is 47.4 Å². The first kappa shape index (κ1) is 15.2. The number of nitrogens with zero attached hydrogens (tertiary/aromatic N) is 4. The molecule has 0 radical (unpaired) electrons. The fraction of sp³-hybridized carbons (Fsp3) is 0.312. The van der Waals surface area contributed by atoms with E-state index in [-0.39, 0.29) is 0 Å². The summed E-state index contributed by atoms with van der Waals surface area (Å²) in [4.78, 5) is 8.48. The summed E-state index contributed by atoms with van der Waals surface area (Å²) in [5, 5.41) is 17.8. The van der Waals surface area contributed by atoms with Gasteiger partial charge in [0, 0.05) is 17.8 Å². The summed E-state index contributed by atoms with van der Waals surface area (Å²) in [5.74, 6) is 2.09. The number of aromatic nitrogens is 4. The summed E-state index contributed by atoms with van der Waals surface area (Å²) in [6.07, 6.45) is 0.819. The Hall–Kier alpha value is -2.67.